The molecule has 1 aliphatic rings. The molecule has 7 nitrogen and oxygen atoms in total. The fraction of sp³-hybridized carbons (Fsp3) is 0.467. The lowest BCUT2D eigenvalue weighted by molar-refractivity contribution is -0.134. The second-order valence-corrected chi connectivity index (χ2v) is 5.32. The smallest absolute Gasteiger partial charge is 0.242 e. The van der Waals surface area contributed by atoms with Gasteiger partial charge in [0.25, 0.3) is 0 Å². The number of fused-ring (bicyclic) bond motifs is 1. The second-order valence-electron chi connectivity index (χ2n) is 5.32. The van der Waals surface area contributed by atoms with Gasteiger partial charge >= 0.3 is 0 Å². The van der Waals surface area contributed by atoms with E-state index in [-0.39, 0.29) is 12.6 Å². The quantitative estimate of drug-likeness (QED) is 0.751. The first kappa shape index (κ1) is 16.3. The number of ketones is 1. The highest BCUT2D eigenvalue weighted by Crippen LogP contribution is 2.32. The number of carbonyl (C=O) groups is 2. The van der Waals surface area contributed by atoms with Crippen molar-refractivity contribution < 1.29 is 24.2 Å². The Morgan fingerprint density at radius 3 is 2.55 bits per heavy atom. The molecule has 3 atom stereocenters. The van der Waals surface area contributed by atoms with E-state index < -0.39 is 24.1 Å². The summed E-state index contributed by atoms with van der Waals surface area (Å²) in [5, 5.41) is 9.40. The first-order valence-corrected chi connectivity index (χ1v) is 6.97. The van der Waals surface area contributed by atoms with Crippen LogP contribution in [0.25, 0.3) is 0 Å². The van der Waals surface area contributed by atoms with Crippen LogP contribution in [-0.2, 0) is 4.79 Å². The molecule has 1 aliphatic heterocycles. The van der Waals surface area contributed by atoms with Gasteiger partial charge in [0.1, 0.15) is 6.04 Å². The van der Waals surface area contributed by atoms with Crippen molar-refractivity contribution in [2.45, 2.75) is 32.0 Å². The summed E-state index contributed by atoms with van der Waals surface area (Å²) in [6, 6.07) is 3.11. The number of Topliss-reactive ketones (excluding diaryl/α,β-unsaturated/α-hetero) is 1. The normalized spacial score (nSPS) is 16.8. The van der Waals surface area contributed by atoms with Crippen molar-refractivity contribution in [3.63, 3.8) is 0 Å². The van der Waals surface area contributed by atoms with Gasteiger partial charge < -0.3 is 25.2 Å². The molecular weight excluding hydrogens is 288 g/mol. The molecule has 1 aromatic rings. The Labute approximate surface area is 128 Å². The highest BCUT2D eigenvalue weighted by Gasteiger charge is 2.29. The Bertz CT molecular complexity index is 587. The molecule has 0 fully saturated rings. The van der Waals surface area contributed by atoms with Crippen LogP contribution in [0.4, 0.5) is 0 Å². The van der Waals surface area contributed by atoms with Crippen LogP contribution in [0, 0.1) is 0 Å². The van der Waals surface area contributed by atoms with Crippen LogP contribution in [-0.4, -0.2) is 53.7 Å². The minimum absolute atomic E-state index is 0.129. The molecule has 120 valence electrons. The van der Waals surface area contributed by atoms with Crippen molar-refractivity contribution in [3.8, 4) is 11.5 Å². The number of amides is 1. The summed E-state index contributed by atoms with van der Waals surface area (Å²) in [7, 11) is 1.49. The third-order valence-electron chi connectivity index (χ3n) is 3.77. The number of rotatable bonds is 5. The number of carbonyl (C=O) groups excluding carboxylic acids is 2. The maximum absolute atomic E-state index is 12.5. The van der Waals surface area contributed by atoms with E-state index in [0.717, 1.165) is 0 Å². The molecule has 0 saturated carbocycles. The minimum Gasteiger partial charge on any atom is -0.454 e. The van der Waals surface area contributed by atoms with Gasteiger partial charge in [-0.15, -0.1) is 0 Å². The summed E-state index contributed by atoms with van der Waals surface area (Å²) >= 11 is 0. The van der Waals surface area contributed by atoms with Gasteiger partial charge in [-0.3, -0.25) is 9.59 Å². The van der Waals surface area contributed by atoms with Gasteiger partial charge in [0.05, 0.1) is 12.1 Å². The molecule has 7 heteroatoms. The average Bonchev–Trinajstić information content (AvgIpc) is 2.98. The molecule has 0 spiro atoms. The number of hydrogen-bond acceptors (Lipinski definition) is 6. The number of aliphatic hydroxyl groups is 1. The molecule has 0 aromatic heterocycles. The fourth-order valence-electron chi connectivity index (χ4n) is 2.10. The first-order valence-electron chi connectivity index (χ1n) is 6.97. The lowest BCUT2D eigenvalue weighted by Crippen LogP contribution is -2.52. The van der Waals surface area contributed by atoms with E-state index in [4.69, 9.17) is 15.2 Å². The molecule has 22 heavy (non-hydrogen) atoms. The monoisotopic (exact) mass is 308 g/mol. The number of ether oxygens (including phenoxy) is 2. The molecule has 1 aromatic carbocycles. The highest BCUT2D eigenvalue weighted by molar-refractivity contribution is 6.02. The van der Waals surface area contributed by atoms with E-state index in [1.54, 1.807) is 25.1 Å². The number of nitrogens with two attached hydrogens (primary N) is 1. The Kier molecular flexibility index (Phi) is 4.68. The van der Waals surface area contributed by atoms with Gasteiger partial charge in [0, 0.05) is 12.6 Å². The molecular formula is C15H20N2O5. The van der Waals surface area contributed by atoms with Gasteiger partial charge in [0.15, 0.2) is 17.3 Å². The fourth-order valence-corrected chi connectivity index (χ4v) is 2.10. The average molecular weight is 308 g/mol. The zero-order valence-corrected chi connectivity index (χ0v) is 12.8. The Hall–Kier alpha value is -2.12. The van der Waals surface area contributed by atoms with Gasteiger partial charge in [-0.05, 0) is 32.0 Å². The van der Waals surface area contributed by atoms with Crippen molar-refractivity contribution in [2.75, 3.05) is 13.8 Å². The SMILES string of the molecule is C[C@H](C(=O)c1ccc2c(c1)OCO2)N(C)C(=O)[C@@H](N)[C@@H](C)O. The zero-order chi connectivity index (χ0) is 16.4. The van der Waals surface area contributed by atoms with Gasteiger partial charge in [-0.25, -0.2) is 0 Å². The van der Waals surface area contributed by atoms with Crippen LogP contribution in [0.3, 0.4) is 0 Å². The molecule has 1 heterocycles. The van der Waals surface area contributed by atoms with E-state index in [9.17, 15) is 14.7 Å². The largest absolute Gasteiger partial charge is 0.454 e. The molecule has 2 rings (SSSR count). The lowest BCUT2D eigenvalue weighted by atomic mass is 10.0. The van der Waals surface area contributed by atoms with E-state index in [2.05, 4.69) is 0 Å². The van der Waals surface area contributed by atoms with E-state index in [1.165, 1.54) is 18.9 Å². The predicted octanol–water partition coefficient (Wildman–Crippen LogP) is 0.153. The summed E-state index contributed by atoms with van der Waals surface area (Å²) in [4.78, 5) is 25.8. The number of nitrogens with zero attached hydrogens (tertiary/aromatic N) is 1. The summed E-state index contributed by atoms with van der Waals surface area (Å²) in [5.41, 5.74) is 6.04. The third kappa shape index (κ3) is 3.05. The van der Waals surface area contributed by atoms with Crippen LogP contribution in [0.5, 0.6) is 11.5 Å². The number of likely N-dealkylation sites (N-methyl/N-ethyl adjacent to an activating group) is 1. The standard InChI is InChI=1S/C15H20N2O5/c1-8(17(3)15(20)13(16)9(2)18)14(19)10-4-5-11-12(6-10)22-7-21-11/h4-6,8-9,13,18H,7,16H2,1-3H3/t8-,9-,13+/m1/s1. The van der Waals surface area contributed by atoms with Crippen molar-refractivity contribution >= 4 is 11.7 Å². The minimum atomic E-state index is -1.06. The second kappa shape index (κ2) is 6.33. The van der Waals surface area contributed by atoms with Crippen molar-refractivity contribution in [1.29, 1.82) is 0 Å². The summed E-state index contributed by atoms with van der Waals surface area (Å²) < 4.78 is 10.4. The topological polar surface area (TPSA) is 102 Å². The van der Waals surface area contributed by atoms with Gasteiger partial charge in [-0.1, -0.05) is 0 Å². The summed E-state index contributed by atoms with van der Waals surface area (Å²) in [6.07, 6.45) is -0.984. The number of benzene rings is 1. The van der Waals surface area contributed by atoms with E-state index >= 15 is 0 Å². The first-order chi connectivity index (χ1) is 10.3. The summed E-state index contributed by atoms with van der Waals surface area (Å²) in [5.74, 6) is 0.362. The van der Waals surface area contributed by atoms with E-state index in [1.807, 2.05) is 0 Å². The molecule has 0 saturated heterocycles. The molecule has 1 amide bonds. The molecule has 0 unspecified atom stereocenters. The van der Waals surface area contributed by atoms with Crippen LogP contribution in [0.15, 0.2) is 18.2 Å². The van der Waals surface area contributed by atoms with Crippen LogP contribution < -0.4 is 15.2 Å². The predicted molar refractivity (Wildman–Crippen MR) is 78.8 cm³/mol. The molecule has 0 bridgehead atoms. The molecule has 0 radical (unpaired) electrons. The van der Waals surface area contributed by atoms with Crippen LogP contribution >= 0.6 is 0 Å². The van der Waals surface area contributed by atoms with Crippen molar-refractivity contribution in [1.82, 2.24) is 4.90 Å². The molecule has 3 N–H and O–H groups in total. The maximum Gasteiger partial charge on any atom is 0.242 e. The van der Waals surface area contributed by atoms with Crippen LogP contribution in [0.1, 0.15) is 24.2 Å². The number of hydrogen-bond donors (Lipinski definition) is 2. The third-order valence-corrected chi connectivity index (χ3v) is 3.77. The van der Waals surface area contributed by atoms with Gasteiger partial charge in [-0.2, -0.15) is 0 Å². The summed E-state index contributed by atoms with van der Waals surface area (Å²) in [6.45, 7) is 3.17. The lowest BCUT2D eigenvalue weighted by Gasteiger charge is -2.27. The maximum atomic E-state index is 12.5. The molecule has 0 aliphatic carbocycles. The van der Waals surface area contributed by atoms with Gasteiger partial charge in [0.2, 0.25) is 12.7 Å². The Morgan fingerprint density at radius 1 is 1.27 bits per heavy atom. The Morgan fingerprint density at radius 2 is 1.91 bits per heavy atom. The van der Waals surface area contributed by atoms with Crippen molar-refractivity contribution in [2.24, 2.45) is 5.73 Å². The zero-order valence-electron chi connectivity index (χ0n) is 12.8. The van der Waals surface area contributed by atoms with Crippen molar-refractivity contribution in [3.05, 3.63) is 23.8 Å². The van der Waals surface area contributed by atoms with Crippen LogP contribution in [0.2, 0.25) is 0 Å². The highest BCUT2D eigenvalue weighted by atomic mass is 16.7. The Balaban J connectivity index is 2.13. The van der Waals surface area contributed by atoms with E-state index in [0.29, 0.717) is 17.1 Å². The number of aliphatic hydroxyl groups excluding tert-OH is 1.